The number of nitrogens with one attached hydrogen (secondary N) is 2. The van der Waals surface area contributed by atoms with Gasteiger partial charge >= 0.3 is 18.1 Å². The van der Waals surface area contributed by atoms with E-state index in [0.29, 0.717) is 0 Å². The number of fused-ring (bicyclic) bond motifs is 1. The van der Waals surface area contributed by atoms with Crippen molar-refractivity contribution >= 4 is 24.0 Å². The summed E-state index contributed by atoms with van der Waals surface area (Å²) in [5.41, 5.74) is 9.03. The van der Waals surface area contributed by atoms with Crippen molar-refractivity contribution in [3.05, 3.63) is 23.0 Å². The summed E-state index contributed by atoms with van der Waals surface area (Å²) in [5, 5.41) is 2.71. The lowest BCUT2D eigenvalue weighted by Crippen LogP contribution is -2.45. The molecule has 2 aliphatic carbocycles. The van der Waals surface area contributed by atoms with E-state index < -0.39 is 42.4 Å². The molecular weight excluding hydrogens is 494 g/mol. The van der Waals surface area contributed by atoms with Crippen molar-refractivity contribution in [3.63, 3.8) is 0 Å². The number of hydrogen-bond acceptors (Lipinski definition) is 9. The van der Waals surface area contributed by atoms with E-state index in [2.05, 4.69) is 10.3 Å². The highest BCUT2D eigenvalue weighted by atomic mass is 16.8. The summed E-state index contributed by atoms with van der Waals surface area (Å²) in [6.07, 6.45) is 8.48. The number of hydrogen-bond donors (Lipinski definition) is 3. The first-order valence-electron chi connectivity index (χ1n) is 13.7. The highest BCUT2D eigenvalue weighted by Gasteiger charge is 2.29. The number of rotatable bonds is 12. The smallest absolute Gasteiger partial charge is 0.465 e. The second kappa shape index (κ2) is 14.8. The number of aromatic nitrogens is 1. The number of carbonyl (C=O) groups is 4. The Morgan fingerprint density at radius 2 is 1.79 bits per heavy atom. The minimum atomic E-state index is -1.20. The van der Waals surface area contributed by atoms with E-state index in [1.165, 1.54) is 6.92 Å². The van der Waals surface area contributed by atoms with Gasteiger partial charge in [0.2, 0.25) is 12.2 Å². The van der Waals surface area contributed by atoms with Crippen molar-refractivity contribution in [2.24, 2.45) is 5.73 Å². The van der Waals surface area contributed by atoms with E-state index in [1.54, 1.807) is 6.92 Å². The molecule has 1 amide bonds. The average molecular weight is 536 g/mol. The van der Waals surface area contributed by atoms with Gasteiger partial charge in [0, 0.05) is 31.7 Å². The second-order valence-electron chi connectivity index (χ2n) is 9.95. The molecule has 1 aromatic rings. The lowest BCUT2D eigenvalue weighted by atomic mass is 9.92. The molecule has 0 radical (unpaired) electrons. The maximum absolute atomic E-state index is 13.1. The van der Waals surface area contributed by atoms with Crippen LogP contribution in [0.15, 0.2) is 6.20 Å². The van der Waals surface area contributed by atoms with Crippen molar-refractivity contribution in [1.82, 2.24) is 10.3 Å². The fraction of sp³-hybridized carbons (Fsp3) is 0.704. The molecule has 0 saturated heterocycles. The van der Waals surface area contributed by atoms with Crippen LogP contribution in [0.2, 0.25) is 0 Å². The van der Waals surface area contributed by atoms with Gasteiger partial charge in [-0.1, -0.05) is 6.42 Å². The third kappa shape index (κ3) is 9.04. The van der Waals surface area contributed by atoms with Crippen LogP contribution < -0.4 is 11.1 Å². The van der Waals surface area contributed by atoms with Gasteiger partial charge in [0.05, 0.1) is 6.61 Å². The molecule has 0 aliphatic heterocycles. The summed E-state index contributed by atoms with van der Waals surface area (Å²) in [5.74, 6) is -1.78. The third-order valence-electron chi connectivity index (χ3n) is 6.95. The minimum absolute atomic E-state index is 0.0680. The number of aromatic amines is 1. The molecule has 0 bridgehead atoms. The van der Waals surface area contributed by atoms with Gasteiger partial charge in [-0.05, 0) is 75.8 Å². The van der Waals surface area contributed by atoms with Crippen molar-refractivity contribution in [3.8, 4) is 0 Å². The predicted octanol–water partition coefficient (Wildman–Crippen LogP) is 2.97. The average Bonchev–Trinajstić information content (AvgIpc) is 3.30. The second-order valence-corrected chi connectivity index (χ2v) is 9.95. The maximum atomic E-state index is 13.1. The Labute approximate surface area is 223 Å². The predicted molar refractivity (Wildman–Crippen MR) is 137 cm³/mol. The molecule has 212 valence electrons. The van der Waals surface area contributed by atoms with Crippen molar-refractivity contribution in [2.75, 3.05) is 6.61 Å². The molecule has 1 aromatic heterocycles. The highest BCUT2D eigenvalue weighted by molar-refractivity contribution is 5.85. The number of amides is 1. The third-order valence-corrected chi connectivity index (χ3v) is 6.95. The van der Waals surface area contributed by atoms with Crippen LogP contribution in [0.5, 0.6) is 0 Å². The van der Waals surface area contributed by atoms with E-state index in [-0.39, 0.29) is 32.0 Å². The Bertz CT molecular complexity index is 956. The Morgan fingerprint density at radius 1 is 1.05 bits per heavy atom. The molecule has 0 aromatic carbocycles. The van der Waals surface area contributed by atoms with Gasteiger partial charge in [0.15, 0.2) is 0 Å². The molecule has 2 aliphatic rings. The van der Waals surface area contributed by atoms with Crippen LogP contribution in [0.3, 0.4) is 0 Å². The van der Waals surface area contributed by atoms with Crippen molar-refractivity contribution in [1.29, 1.82) is 0 Å². The van der Waals surface area contributed by atoms with Gasteiger partial charge in [-0.25, -0.2) is 9.59 Å². The molecule has 1 heterocycles. The molecule has 38 heavy (non-hydrogen) atoms. The Kier molecular flexibility index (Phi) is 11.4. The first-order valence-corrected chi connectivity index (χ1v) is 13.7. The SMILES string of the molecule is CCOC(=O)[C@H](N)CCC(=O)N[C@H](Cc1c[nH]c2c1CCCC2)C(=O)OC(C)OC(=O)OC1CCCCC1. The summed E-state index contributed by atoms with van der Waals surface area (Å²) in [6, 6.07) is -1.96. The van der Waals surface area contributed by atoms with E-state index in [1.807, 2.05) is 6.20 Å². The molecule has 1 saturated carbocycles. The number of H-pyrrole nitrogens is 1. The molecule has 0 spiro atoms. The number of aryl methyl sites for hydroxylation is 1. The molecule has 1 fully saturated rings. The van der Waals surface area contributed by atoms with E-state index in [9.17, 15) is 19.2 Å². The summed E-state index contributed by atoms with van der Waals surface area (Å²) in [4.78, 5) is 53.0. The van der Waals surface area contributed by atoms with Gasteiger partial charge in [-0.15, -0.1) is 0 Å². The normalized spacial score (nSPS) is 17.9. The summed E-state index contributed by atoms with van der Waals surface area (Å²) < 4.78 is 20.7. The standard InChI is InChI=1S/C27H41N3O8/c1-3-35-25(32)21(28)13-14-24(31)30-23(15-18-16-29-22-12-8-7-11-20(18)22)26(33)36-17(2)37-27(34)38-19-9-5-4-6-10-19/h16-17,19,21,23,29H,3-15,28H2,1-2H3,(H,30,31)/t17?,21-,23-/m1/s1. The van der Waals surface area contributed by atoms with E-state index >= 15 is 0 Å². The zero-order chi connectivity index (χ0) is 27.5. The molecule has 3 rings (SSSR count). The zero-order valence-corrected chi connectivity index (χ0v) is 22.4. The van der Waals surface area contributed by atoms with E-state index in [0.717, 1.165) is 74.6 Å². The highest BCUT2D eigenvalue weighted by Crippen LogP contribution is 2.25. The molecule has 3 atom stereocenters. The quantitative estimate of drug-likeness (QED) is 0.208. The number of nitrogens with two attached hydrogens (primary N) is 1. The van der Waals surface area contributed by atoms with Gasteiger partial charge in [0.1, 0.15) is 18.2 Å². The molecule has 11 heteroatoms. The van der Waals surface area contributed by atoms with Crippen LogP contribution in [0.4, 0.5) is 4.79 Å². The van der Waals surface area contributed by atoms with Crippen LogP contribution in [0, 0.1) is 0 Å². The van der Waals surface area contributed by atoms with Crippen molar-refractivity contribution in [2.45, 2.75) is 115 Å². The lowest BCUT2D eigenvalue weighted by Gasteiger charge is -2.24. The van der Waals surface area contributed by atoms with Crippen LogP contribution in [-0.4, -0.2) is 60.1 Å². The van der Waals surface area contributed by atoms with Gasteiger partial charge in [-0.2, -0.15) is 0 Å². The van der Waals surface area contributed by atoms with E-state index in [4.69, 9.17) is 24.7 Å². The van der Waals surface area contributed by atoms with Gasteiger partial charge in [-0.3, -0.25) is 9.59 Å². The molecule has 11 nitrogen and oxygen atoms in total. The maximum Gasteiger partial charge on any atom is 0.511 e. The van der Waals surface area contributed by atoms with Crippen LogP contribution in [0.25, 0.3) is 0 Å². The minimum Gasteiger partial charge on any atom is -0.465 e. The zero-order valence-electron chi connectivity index (χ0n) is 22.4. The largest absolute Gasteiger partial charge is 0.511 e. The fourth-order valence-corrected chi connectivity index (χ4v) is 4.95. The number of esters is 2. The fourth-order valence-electron chi connectivity index (χ4n) is 4.95. The lowest BCUT2D eigenvalue weighted by molar-refractivity contribution is -0.172. The molecule has 4 N–H and O–H groups in total. The Balaban J connectivity index is 1.59. The van der Waals surface area contributed by atoms with Crippen LogP contribution in [-0.2, 0) is 52.6 Å². The number of ether oxygens (including phenoxy) is 4. The first kappa shape index (κ1) is 29.5. The number of carbonyl (C=O) groups excluding carboxylic acids is 4. The van der Waals surface area contributed by atoms with Crippen LogP contribution in [0.1, 0.15) is 88.5 Å². The van der Waals surface area contributed by atoms with Crippen molar-refractivity contribution < 1.29 is 38.1 Å². The summed E-state index contributed by atoms with van der Waals surface area (Å²) in [7, 11) is 0. The Morgan fingerprint density at radius 3 is 2.53 bits per heavy atom. The topological polar surface area (TPSA) is 159 Å². The summed E-state index contributed by atoms with van der Waals surface area (Å²) in [6.45, 7) is 3.30. The summed E-state index contributed by atoms with van der Waals surface area (Å²) >= 11 is 0. The van der Waals surface area contributed by atoms with Gasteiger partial charge in [0.25, 0.3) is 0 Å². The Hall–Kier alpha value is -3.08. The first-order chi connectivity index (χ1) is 18.3. The van der Waals surface area contributed by atoms with Gasteiger partial charge < -0.3 is 35.0 Å². The monoisotopic (exact) mass is 535 g/mol. The van der Waals surface area contributed by atoms with Crippen LogP contribution >= 0.6 is 0 Å². The molecule has 1 unspecified atom stereocenters. The molecular formula is C27H41N3O8.